The van der Waals surface area contributed by atoms with Crippen molar-refractivity contribution in [3.8, 4) is 0 Å². The minimum atomic E-state index is -0.877. The molecule has 0 radical (unpaired) electrons. The molecule has 1 fully saturated rings. The highest BCUT2D eigenvalue weighted by molar-refractivity contribution is 5.87. The molecule has 2 atom stereocenters. The normalized spacial score (nSPS) is 24.3. The van der Waals surface area contributed by atoms with Crippen LogP contribution in [-0.2, 0) is 11.3 Å². The Bertz CT molecular complexity index is 430. The number of hydrogen-bond acceptors (Lipinski definition) is 3. The summed E-state index contributed by atoms with van der Waals surface area (Å²) < 4.78 is 5.68. The molecule has 1 aromatic rings. The van der Waals surface area contributed by atoms with Crippen molar-refractivity contribution in [1.29, 1.82) is 0 Å². The number of morpholine rings is 1. The molecule has 1 N–H and O–H groups in total. The van der Waals surface area contributed by atoms with Gasteiger partial charge in [0, 0.05) is 19.1 Å². The first-order valence-electron chi connectivity index (χ1n) is 6.78. The Morgan fingerprint density at radius 3 is 2.68 bits per heavy atom. The van der Waals surface area contributed by atoms with Gasteiger partial charge < -0.3 is 9.84 Å². The van der Waals surface area contributed by atoms with Gasteiger partial charge in [-0.15, -0.1) is 0 Å². The largest absolute Gasteiger partial charge is 0.478 e. The second-order valence-corrected chi connectivity index (χ2v) is 5.14. The Labute approximate surface area is 114 Å². The van der Waals surface area contributed by atoms with Crippen molar-refractivity contribution in [2.45, 2.75) is 39.0 Å². The molecule has 0 aliphatic carbocycles. The molecule has 2 unspecified atom stereocenters. The van der Waals surface area contributed by atoms with Gasteiger partial charge in [-0.25, -0.2) is 4.79 Å². The summed E-state index contributed by atoms with van der Waals surface area (Å²) in [6.45, 7) is 6.83. The topological polar surface area (TPSA) is 49.8 Å². The molecule has 0 saturated carbocycles. The van der Waals surface area contributed by atoms with Crippen LogP contribution in [0.2, 0.25) is 0 Å². The van der Waals surface area contributed by atoms with Crippen LogP contribution in [0.25, 0.3) is 0 Å². The van der Waals surface area contributed by atoms with Crippen molar-refractivity contribution >= 4 is 5.97 Å². The molecule has 1 heterocycles. The van der Waals surface area contributed by atoms with Crippen molar-refractivity contribution in [2.24, 2.45) is 0 Å². The lowest BCUT2D eigenvalue weighted by Crippen LogP contribution is -2.47. The zero-order chi connectivity index (χ0) is 13.8. The second-order valence-electron chi connectivity index (χ2n) is 5.14. The highest BCUT2D eigenvalue weighted by Crippen LogP contribution is 2.18. The first-order chi connectivity index (χ1) is 9.10. The number of rotatable bonds is 4. The summed E-state index contributed by atoms with van der Waals surface area (Å²) in [4.78, 5) is 13.2. The van der Waals surface area contributed by atoms with Gasteiger partial charge in [0.1, 0.15) is 0 Å². The lowest BCUT2D eigenvalue weighted by Gasteiger charge is -2.38. The van der Waals surface area contributed by atoms with E-state index in [-0.39, 0.29) is 6.10 Å². The number of ether oxygens (including phenoxy) is 1. The van der Waals surface area contributed by atoms with Crippen LogP contribution in [0.4, 0.5) is 0 Å². The maximum atomic E-state index is 10.8. The Kier molecular flexibility index (Phi) is 4.56. The summed E-state index contributed by atoms with van der Waals surface area (Å²) in [6, 6.07) is 7.59. The molecular formula is C15H21NO3. The fourth-order valence-electron chi connectivity index (χ4n) is 2.47. The molecule has 104 valence electrons. The number of nitrogens with zero attached hydrogens (tertiary/aromatic N) is 1. The molecule has 0 amide bonds. The summed E-state index contributed by atoms with van der Waals surface area (Å²) in [6.07, 6.45) is 1.33. The van der Waals surface area contributed by atoms with Crippen LogP contribution in [0.3, 0.4) is 0 Å². The predicted octanol–water partition coefficient (Wildman–Crippen LogP) is 2.38. The van der Waals surface area contributed by atoms with Gasteiger partial charge >= 0.3 is 5.97 Å². The maximum Gasteiger partial charge on any atom is 0.335 e. The Morgan fingerprint density at radius 2 is 2.11 bits per heavy atom. The van der Waals surface area contributed by atoms with Crippen LogP contribution in [-0.4, -0.2) is 41.3 Å². The van der Waals surface area contributed by atoms with E-state index in [2.05, 4.69) is 18.7 Å². The van der Waals surface area contributed by atoms with E-state index in [1.807, 2.05) is 12.1 Å². The van der Waals surface area contributed by atoms with Gasteiger partial charge in [-0.2, -0.15) is 0 Å². The summed E-state index contributed by atoms with van der Waals surface area (Å²) >= 11 is 0. The minimum Gasteiger partial charge on any atom is -0.478 e. The summed E-state index contributed by atoms with van der Waals surface area (Å²) in [5.41, 5.74) is 1.49. The number of aromatic carboxylic acids is 1. The van der Waals surface area contributed by atoms with Gasteiger partial charge in [0.15, 0.2) is 0 Å². The fraction of sp³-hybridized carbons (Fsp3) is 0.533. The molecule has 2 rings (SSSR count). The fourth-order valence-corrected chi connectivity index (χ4v) is 2.47. The standard InChI is InChI=1S/C15H21NO3/c1-3-14-10-19-11(2)8-16(14)9-12-4-6-13(7-5-12)15(17)18/h4-7,11,14H,3,8-10H2,1-2H3,(H,17,18). The third kappa shape index (κ3) is 3.55. The molecule has 1 aliphatic heterocycles. The zero-order valence-corrected chi connectivity index (χ0v) is 11.5. The van der Waals surface area contributed by atoms with E-state index in [0.717, 1.165) is 31.7 Å². The lowest BCUT2D eigenvalue weighted by molar-refractivity contribution is -0.0592. The first-order valence-corrected chi connectivity index (χ1v) is 6.78. The molecule has 0 bridgehead atoms. The van der Waals surface area contributed by atoms with Gasteiger partial charge in [0.2, 0.25) is 0 Å². The van der Waals surface area contributed by atoms with E-state index >= 15 is 0 Å². The Hall–Kier alpha value is -1.39. The summed E-state index contributed by atoms with van der Waals surface area (Å²) in [5, 5.41) is 8.89. The first kappa shape index (κ1) is 14.0. The lowest BCUT2D eigenvalue weighted by atomic mass is 10.1. The molecule has 19 heavy (non-hydrogen) atoms. The van der Waals surface area contributed by atoms with Crippen molar-refractivity contribution in [3.05, 3.63) is 35.4 Å². The van der Waals surface area contributed by atoms with Crippen LogP contribution < -0.4 is 0 Å². The number of carboxylic acids is 1. The van der Waals surface area contributed by atoms with E-state index < -0.39 is 5.97 Å². The van der Waals surface area contributed by atoms with Crippen molar-refractivity contribution in [1.82, 2.24) is 4.90 Å². The molecule has 0 spiro atoms. The van der Waals surface area contributed by atoms with Gasteiger partial charge in [-0.1, -0.05) is 19.1 Å². The van der Waals surface area contributed by atoms with Crippen molar-refractivity contribution < 1.29 is 14.6 Å². The van der Waals surface area contributed by atoms with E-state index in [4.69, 9.17) is 9.84 Å². The van der Waals surface area contributed by atoms with Crippen molar-refractivity contribution in [2.75, 3.05) is 13.2 Å². The maximum absolute atomic E-state index is 10.8. The van der Waals surface area contributed by atoms with E-state index in [9.17, 15) is 4.79 Å². The van der Waals surface area contributed by atoms with Crippen LogP contribution in [0.1, 0.15) is 36.2 Å². The SMILES string of the molecule is CCC1COC(C)CN1Cc1ccc(C(=O)O)cc1. The minimum absolute atomic E-state index is 0.265. The number of benzene rings is 1. The van der Waals surface area contributed by atoms with E-state index in [1.165, 1.54) is 0 Å². The molecule has 1 aliphatic rings. The van der Waals surface area contributed by atoms with E-state index in [1.54, 1.807) is 12.1 Å². The predicted molar refractivity (Wildman–Crippen MR) is 73.3 cm³/mol. The Morgan fingerprint density at radius 1 is 1.42 bits per heavy atom. The average Bonchev–Trinajstić information content (AvgIpc) is 2.39. The number of carbonyl (C=O) groups is 1. The van der Waals surface area contributed by atoms with Crippen LogP contribution in [0, 0.1) is 0 Å². The van der Waals surface area contributed by atoms with Gasteiger partial charge in [0.25, 0.3) is 0 Å². The highest BCUT2D eigenvalue weighted by Gasteiger charge is 2.25. The smallest absolute Gasteiger partial charge is 0.335 e. The molecule has 4 nitrogen and oxygen atoms in total. The second kappa shape index (κ2) is 6.17. The molecular weight excluding hydrogens is 242 g/mol. The van der Waals surface area contributed by atoms with Crippen LogP contribution in [0.5, 0.6) is 0 Å². The Balaban J connectivity index is 2.04. The summed E-state index contributed by atoms with van der Waals surface area (Å²) in [5.74, 6) is -0.877. The number of hydrogen-bond donors (Lipinski definition) is 1. The molecule has 0 aromatic heterocycles. The van der Waals surface area contributed by atoms with Gasteiger partial charge in [-0.3, -0.25) is 4.90 Å². The zero-order valence-electron chi connectivity index (χ0n) is 11.5. The van der Waals surface area contributed by atoms with E-state index in [0.29, 0.717) is 11.6 Å². The molecule has 1 saturated heterocycles. The van der Waals surface area contributed by atoms with Gasteiger partial charge in [0.05, 0.1) is 18.3 Å². The third-order valence-electron chi connectivity index (χ3n) is 3.64. The van der Waals surface area contributed by atoms with Crippen molar-refractivity contribution in [3.63, 3.8) is 0 Å². The third-order valence-corrected chi connectivity index (χ3v) is 3.64. The quantitative estimate of drug-likeness (QED) is 0.906. The molecule has 1 aromatic carbocycles. The average molecular weight is 263 g/mol. The van der Waals surface area contributed by atoms with Gasteiger partial charge in [-0.05, 0) is 31.0 Å². The van der Waals surface area contributed by atoms with Crippen LogP contribution in [0.15, 0.2) is 24.3 Å². The number of carboxylic acid groups (broad SMARTS) is 1. The monoisotopic (exact) mass is 263 g/mol. The van der Waals surface area contributed by atoms with Crippen LogP contribution >= 0.6 is 0 Å². The molecule has 4 heteroatoms. The summed E-state index contributed by atoms with van der Waals surface area (Å²) in [7, 11) is 0. The highest BCUT2D eigenvalue weighted by atomic mass is 16.5.